The number of carbonyl (C=O) groups is 1. The van der Waals surface area contributed by atoms with E-state index < -0.39 is 31.3 Å². The van der Waals surface area contributed by atoms with Gasteiger partial charge in [-0.1, -0.05) is 0 Å². The van der Waals surface area contributed by atoms with Crippen molar-refractivity contribution in [1.82, 2.24) is 0 Å². The molecule has 0 amide bonds. The lowest BCUT2D eigenvalue weighted by Crippen LogP contribution is -2.36. The largest absolute Gasteiger partial charge is 0.428 e. The molecular formula is C5H10O7. The first kappa shape index (κ1) is 11.3. The van der Waals surface area contributed by atoms with Gasteiger partial charge in [-0.05, 0) is 0 Å². The van der Waals surface area contributed by atoms with E-state index in [2.05, 4.69) is 4.74 Å². The van der Waals surface area contributed by atoms with Crippen LogP contribution in [0.3, 0.4) is 0 Å². The molecule has 0 rings (SSSR count). The van der Waals surface area contributed by atoms with Crippen LogP contribution in [0.4, 0.5) is 0 Å². The van der Waals surface area contributed by atoms with Crippen LogP contribution in [0, 0.1) is 0 Å². The fraction of sp³-hybridized carbons (Fsp3) is 0.800. The standard InChI is InChI=1S/C5H10O7/c6-1-2(7)4(10)12-5(11)3(8)9/h2-3,5-9,11H,1H2. The summed E-state index contributed by atoms with van der Waals surface area (Å²) in [6.07, 6.45) is -6.16. The fourth-order valence-corrected chi connectivity index (χ4v) is 0.333. The maximum Gasteiger partial charge on any atom is 0.339 e. The number of rotatable bonds is 4. The van der Waals surface area contributed by atoms with Crippen LogP contribution in [0.1, 0.15) is 0 Å². The average Bonchev–Trinajstić information content (AvgIpc) is 2.02. The van der Waals surface area contributed by atoms with E-state index in [1.807, 2.05) is 0 Å². The molecule has 0 aliphatic heterocycles. The number of carbonyl (C=O) groups excluding carboxylic acids is 1. The first-order valence-corrected chi connectivity index (χ1v) is 3.02. The van der Waals surface area contributed by atoms with Crippen LogP contribution >= 0.6 is 0 Å². The van der Waals surface area contributed by atoms with Crippen molar-refractivity contribution >= 4 is 5.97 Å². The molecule has 2 atom stereocenters. The Morgan fingerprint density at radius 2 is 1.75 bits per heavy atom. The zero-order chi connectivity index (χ0) is 9.72. The molecule has 0 heterocycles. The second kappa shape index (κ2) is 5.01. The van der Waals surface area contributed by atoms with Gasteiger partial charge in [-0.25, -0.2) is 4.79 Å². The van der Waals surface area contributed by atoms with Crippen LogP contribution in [-0.2, 0) is 9.53 Å². The third-order valence-corrected chi connectivity index (χ3v) is 0.937. The van der Waals surface area contributed by atoms with E-state index in [0.717, 1.165) is 0 Å². The molecule has 0 radical (unpaired) electrons. The number of esters is 1. The van der Waals surface area contributed by atoms with Gasteiger partial charge in [0, 0.05) is 0 Å². The predicted molar refractivity (Wildman–Crippen MR) is 33.4 cm³/mol. The van der Waals surface area contributed by atoms with Gasteiger partial charge in [-0.3, -0.25) is 0 Å². The Balaban J connectivity index is 3.84. The highest BCUT2D eigenvalue weighted by molar-refractivity contribution is 5.74. The first-order chi connectivity index (χ1) is 5.49. The second-order valence-electron chi connectivity index (χ2n) is 1.94. The summed E-state index contributed by atoms with van der Waals surface area (Å²) >= 11 is 0. The van der Waals surface area contributed by atoms with Crippen molar-refractivity contribution in [3.63, 3.8) is 0 Å². The van der Waals surface area contributed by atoms with Crippen LogP contribution in [-0.4, -0.2) is 56.8 Å². The molecule has 7 nitrogen and oxygen atoms in total. The van der Waals surface area contributed by atoms with Crippen molar-refractivity contribution < 1.29 is 35.1 Å². The highest BCUT2D eigenvalue weighted by Crippen LogP contribution is 1.95. The summed E-state index contributed by atoms with van der Waals surface area (Å²) < 4.78 is 3.87. The molecule has 0 saturated carbocycles. The lowest BCUT2D eigenvalue weighted by atomic mass is 10.4. The third kappa shape index (κ3) is 3.60. The molecule has 0 aromatic heterocycles. The van der Waals surface area contributed by atoms with Crippen molar-refractivity contribution in [2.45, 2.75) is 18.7 Å². The molecule has 0 bridgehead atoms. The Labute approximate surface area is 67.4 Å². The minimum absolute atomic E-state index is 0.868. The number of ether oxygens (including phenoxy) is 1. The maximum absolute atomic E-state index is 10.5. The van der Waals surface area contributed by atoms with Gasteiger partial charge in [0.25, 0.3) is 6.29 Å². The van der Waals surface area contributed by atoms with Crippen LogP contribution in [0.5, 0.6) is 0 Å². The van der Waals surface area contributed by atoms with Crippen LogP contribution < -0.4 is 0 Å². The minimum atomic E-state index is -2.24. The zero-order valence-electron chi connectivity index (χ0n) is 5.99. The molecule has 0 aliphatic carbocycles. The van der Waals surface area contributed by atoms with Crippen molar-refractivity contribution in [2.24, 2.45) is 0 Å². The summed E-state index contributed by atoms with van der Waals surface area (Å²) in [5, 5.41) is 41.7. The molecule has 0 aliphatic rings. The summed E-state index contributed by atoms with van der Waals surface area (Å²) in [4.78, 5) is 10.5. The maximum atomic E-state index is 10.5. The van der Waals surface area contributed by atoms with Gasteiger partial charge in [0.1, 0.15) is 0 Å². The van der Waals surface area contributed by atoms with E-state index >= 15 is 0 Å². The average molecular weight is 182 g/mol. The van der Waals surface area contributed by atoms with Gasteiger partial charge in [0.15, 0.2) is 6.10 Å². The Morgan fingerprint density at radius 3 is 2.08 bits per heavy atom. The number of aliphatic hydroxyl groups excluding tert-OH is 4. The van der Waals surface area contributed by atoms with Gasteiger partial charge in [-0.15, -0.1) is 0 Å². The van der Waals surface area contributed by atoms with Crippen molar-refractivity contribution in [3.8, 4) is 0 Å². The normalized spacial score (nSPS) is 15.8. The van der Waals surface area contributed by atoms with Gasteiger partial charge in [0.05, 0.1) is 6.61 Å². The van der Waals surface area contributed by atoms with Gasteiger partial charge in [0.2, 0.25) is 6.29 Å². The monoisotopic (exact) mass is 182 g/mol. The molecule has 5 N–H and O–H groups in total. The van der Waals surface area contributed by atoms with E-state index in [0.29, 0.717) is 0 Å². The molecule has 72 valence electrons. The lowest BCUT2D eigenvalue weighted by Gasteiger charge is -2.14. The second-order valence-corrected chi connectivity index (χ2v) is 1.94. The van der Waals surface area contributed by atoms with Crippen molar-refractivity contribution in [1.29, 1.82) is 0 Å². The number of hydrogen-bond acceptors (Lipinski definition) is 7. The first-order valence-electron chi connectivity index (χ1n) is 3.02. The molecule has 2 unspecified atom stereocenters. The summed E-state index contributed by atoms with van der Waals surface area (Å²) in [7, 11) is 0. The van der Waals surface area contributed by atoms with Crippen molar-refractivity contribution in [3.05, 3.63) is 0 Å². The topological polar surface area (TPSA) is 127 Å². The highest BCUT2D eigenvalue weighted by Gasteiger charge is 2.22. The highest BCUT2D eigenvalue weighted by atomic mass is 16.7. The molecular weight excluding hydrogens is 172 g/mol. The van der Waals surface area contributed by atoms with E-state index in [4.69, 9.17) is 25.5 Å². The number of aliphatic hydroxyl groups is 5. The molecule has 0 aromatic rings. The fourth-order valence-electron chi connectivity index (χ4n) is 0.333. The molecule has 0 spiro atoms. The lowest BCUT2D eigenvalue weighted by molar-refractivity contribution is -0.234. The predicted octanol–water partition coefficient (Wildman–Crippen LogP) is -3.49. The van der Waals surface area contributed by atoms with E-state index in [1.165, 1.54) is 0 Å². The Hall–Kier alpha value is -0.730. The van der Waals surface area contributed by atoms with Crippen LogP contribution in [0.15, 0.2) is 0 Å². The van der Waals surface area contributed by atoms with Crippen LogP contribution in [0.2, 0.25) is 0 Å². The Bertz CT molecular complexity index is 145. The van der Waals surface area contributed by atoms with Gasteiger partial charge < -0.3 is 30.3 Å². The molecule has 0 fully saturated rings. The van der Waals surface area contributed by atoms with E-state index in [9.17, 15) is 4.79 Å². The van der Waals surface area contributed by atoms with E-state index in [-0.39, 0.29) is 0 Å². The minimum Gasteiger partial charge on any atom is -0.428 e. The molecule has 0 saturated heterocycles. The molecule has 0 aromatic carbocycles. The summed E-state index contributed by atoms with van der Waals surface area (Å²) in [5.74, 6) is -1.34. The SMILES string of the molecule is O=C(OC(O)C(O)O)C(O)CO. The zero-order valence-corrected chi connectivity index (χ0v) is 5.99. The molecule has 12 heavy (non-hydrogen) atoms. The summed E-state index contributed by atoms with van der Waals surface area (Å²) in [5.41, 5.74) is 0. The third-order valence-electron chi connectivity index (χ3n) is 0.937. The Kier molecular flexibility index (Phi) is 4.71. The summed E-state index contributed by atoms with van der Waals surface area (Å²) in [6, 6.07) is 0. The van der Waals surface area contributed by atoms with Gasteiger partial charge in [-0.2, -0.15) is 0 Å². The van der Waals surface area contributed by atoms with Crippen LogP contribution in [0.25, 0.3) is 0 Å². The van der Waals surface area contributed by atoms with E-state index in [1.54, 1.807) is 0 Å². The molecule has 7 heteroatoms. The number of hydrogen-bond donors (Lipinski definition) is 5. The quantitative estimate of drug-likeness (QED) is 0.225. The van der Waals surface area contributed by atoms with Crippen molar-refractivity contribution in [2.75, 3.05) is 6.61 Å². The Morgan fingerprint density at radius 1 is 1.25 bits per heavy atom. The summed E-state index contributed by atoms with van der Waals surface area (Å²) in [6.45, 7) is -0.868. The van der Waals surface area contributed by atoms with Gasteiger partial charge >= 0.3 is 5.97 Å². The smallest absolute Gasteiger partial charge is 0.339 e.